The van der Waals surface area contributed by atoms with Gasteiger partial charge in [0.2, 0.25) is 0 Å². The van der Waals surface area contributed by atoms with E-state index in [4.69, 9.17) is 9.84 Å². The highest BCUT2D eigenvalue weighted by Gasteiger charge is 2.06. The van der Waals surface area contributed by atoms with E-state index in [2.05, 4.69) is 21.2 Å². The van der Waals surface area contributed by atoms with Gasteiger partial charge in [-0.05, 0) is 28.9 Å². The van der Waals surface area contributed by atoms with Crippen LogP contribution < -0.4 is 10.1 Å². The van der Waals surface area contributed by atoms with Gasteiger partial charge in [-0.2, -0.15) is 0 Å². The Morgan fingerprint density at radius 3 is 2.93 bits per heavy atom. The van der Waals surface area contributed by atoms with Gasteiger partial charge in [-0.1, -0.05) is 0 Å². The normalized spacial score (nSPS) is 12.9. The third-order valence-electron chi connectivity index (χ3n) is 1.63. The number of methoxy groups -OCH3 is 1. The van der Waals surface area contributed by atoms with Crippen molar-refractivity contribution >= 4 is 27.3 Å². The van der Waals surface area contributed by atoms with Gasteiger partial charge in [0.15, 0.2) is 5.06 Å². The van der Waals surface area contributed by atoms with Crippen LogP contribution in [0.25, 0.3) is 0 Å². The third kappa shape index (κ3) is 3.57. The lowest BCUT2D eigenvalue weighted by molar-refractivity contribution is 0.191. The van der Waals surface area contributed by atoms with Gasteiger partial charge < -0.3 is 15.2 Å². The number of aliphatic hydroxyl groups is 1. The van der Waals surface area contributed by atoms with Gasteiger partial charge in [-0.3, -0.25) is 0 Å². The first kappa shape index (κ1) is 12.0. The number of rotatable bonds is 5. The van der Waals surface area contributed by atoms with Crippen molar-refractivity contribution in [1.29, 1.82) is 0 Å². The Labute approximate surface area is 96.2 Å². The molecule has 1 unspecified atom stereocenters. The number of halogens is 1. The monoisotopic (exact) mass is 279 g/mol. The zero-order valence-corrected chi connectivity index (χ0v) is 10.6. The lowest BCUT2D eigenvalue weighted by Gasteiger charge is -2.04. The maximum absolute atomic E-state index is 9.04. The molecular weight excluding hydrogens is 266 g/mol. The van der Waals surface area contributed by atoms with E-state index in [9.17, 15) is 0 Å². The molecule has 0 saturated heterocycles. The summed E-state index contributed by atoms with van der Waals surface area (Å²) in [6.45, 7) is 3.13. The van der Waals surface area contributed by atoms with Gasteiger partial charge in [0.05, 0.1) is 17.7 Å². The lowest BCUT2D eigenvalue weighted by Crippen LogP contribution is -2.23. The van der Waals surface area contributed by atoms with Crippen LogP contribution in [0.1, 0.15) is 11.8 Å². The maximum atomic E-state index is 9.04. The number of thiophene rings is 1. The molecule has 14 heavy (non-hydrogen) atoms. The Balaban J connectivity index is 2.43. The molecule has 1 aromatic rings. The highest BCUT2D eigenvalue weighted by atomic mass is 79.9. The van der Waals surface area contributed by atoms with E-state index in [1.165, 1.54) is 4.88 Å². The van der Waals surface area contributed by atoms with E-state index in [1.807, 2.05) is 6.07 Å². The molecule has 0 saturated carbocycles. The van der Waals surface area contributed by atoms with Crippen molar-refractivity contribution in [3.63, 3.8) is 0 Å². The quantitative estimate of drug-likeness (QED) is 0.866. The van der Waals surface area contributed by atoms with Crippen molar-refractivity contribution in [2.24, 2.45) is 0 Å². The van der Waals surface area contributed by atoms with Crippen molar-refractivity contribution in [2.45, 2.75) is 19.6 Å². The van der Waals surface area contributed by atoms with Crippen molar-refractivity contribution in [3.8, 4) is 5.06 Å². The van der Waals surface area contributed by atoms with Crippen LogP contribution in [0, 0.1) is 0 Å². The van der Waals surface area contributed by atoms with Crippen LogP contribution in [-0.4, -0.2) is 24.9 Å². The molecule has 0 bridgehead atoms. The van der Waals surface area contributed by atoms with Gasteiger partial charge >= 0.3 is 0 Å². The molecule has 0 amide bonds. The fourth-order valence-corrected chi connectivity index (χ4v) is 2.69. The number of aliphatic hydroxyl groups excluding tert-OH is 1. The molecule has 1 atom stereocenters. The first-order valence-electron chi connectivity index (χ1n) is 4.34. The van der Waals surface area contributed by atoms with Crippen LogP contribution in [0.3, 0.4) is 0 Å². The van der Waals surface area contributed by atoms with E-state index in [0.29, 0.717) is 6.54 Å². The standard InChI is InChI=1S/C9H14BrNO2S/c1-6(12)4-11-5-7-3-8(10)9(13-2)14-7/h3,6,11-12H,4-5H2,1-2H3. The number of nitrogens with one attached hydrogen (secondary N) is 1. The number of hydrogen-bond donors (Lipinski definition) is 2. The Morgan fingerprint density at radius 2 is 2.43 bits per heavy atom. The highest BCUT2D eigenvalue weighted by Crippen LogP contribution is 2.34. The lowest BCUT2D eigenvalue weighted by atomic mass is 10.4. The topological polar surface area (TPSA) is 41.5 Å². The van der Waals surface area contributed by atoms with E-state index in [1.54, 1.807) is 25.4 Å². The first-order chi connectivity index (χ1) is 6.63. The van der Waals surface area contributed by atoms with Crippen LogP contribution in [0.2, 0.25) is 0 Å². The summed E-state index contributed by atoms with van der Waals surface area (Å²) < 4.78 is 6.13. The molecule has 1 rings (SSSR count). The molecule has 0 radical (unpaired) electrons. The van der Waals surface area contributed by atoms with Gasteiger partial charge in [0, 0.05) is 18.0 Å². The Morgan fingerprint density at radius 1 is 1.71 bits per heavy atom. The van der Waals surface area contributed by atoms with Gasteiger partial charge in [0.1, 0.15) is 0 Å². The van der Waals surface area contributed by atoms with Crippen LogP contribution in [0.5, 0.6) is 5.06 Å². The minimum Gasteiger partial charge on any atom is -0.486 e. The average Bonchev–Trinajstić information content (AvgIpc) is 2.45. The second kappa shape index (κ2) is 5.70. The second-order valence-corrected chi connectivity index (χ2v) is 4.99. The summed E-state index contributed by atoms with van der Waals surface area (Å²) in [6.07, 6.45) is -0.305. The molecule has 1 heterocycles. The van der Waals surface area contributed by atoms with Crippen LogP contribution in [0.4, 0.5) is 0 Å². The molecule has 3 nitrogen and oxygen atoms in total. The molecule has 0 aliphatic rings. The average molecular weight is 280 g/mol. The van der Waals surface area contributed by atoms with Gasteiger partial charge in [-0.25, -0.2) is 0 Å². The fraction of sp³-hybridized carbons (Fsp3) is 0.556. The summed E-state index contributed by atoms with van der Waals surface area (Å²) in [7, 11) is 1.66. The Bertz CT molecular complexity index is 288. The van der Waals surface area contributed by atoms with Crippen LogP contribution >= 0.6 is 27.3 Å². The van der Waals surface area contributed by atoms with E-state index < -0.39 is 0 Å². The fourth-order valence-electron chi connectivity index (χ4n) is 1.03. The van der Waals surface area contributed by atoms with Crippen LogP contribution in [-0.2, 0) is 6.54 Å². The van der Waals surface area contributed by atoms with Crippen molar-refractivity contribution < 1.29 is 9.84 Å². The van der Waals surface area contributed by atoms with E-state index in [-0.39, 0.29) is 6.10 Å². The van der Waals surface area contributed by atoms with Crippen molar-refractivity contribution in [2.75, 3.05) is 13.7 Å². The molecule has 1 aromatic heterocycles. The maximum Gasteiger partial charge on any atom is 0.188 e. The predicted octanol–water partition coefficient (Wildman–Crippen LogP) is 1.99. The predicted molar refractivity (Wildman–Crippen MR) is 62.0 cm³/mol. The smallest absolute Gasteiger partial charge is 0.188 e. The Hall–Kier alpha value is -0.100. The molecule has 0 aliphatic heterocycles. The third-order valence-corrected chi connectivity index (χ3v) is 3.58. The number of ether oxygens (including phenoxy) is 1. The summed E-state index contributed by atoms with van der Waals surface area (Å²) in [4.78, 5) is 1.19. The number of hydrogen-bond acceptors (Lipinski definition) is 4. The van der Waals surface area contributed by atoms with E-state index in [0.717, 1.165) is 16.1 Å². The molecular formula is C9H14BrNO2S. The SMILES string of the molecule is COc1sc(CNCC(C)O)cc1Br. The zero-order chi connectivity index (χ0) is 10.6. The second-order valence-electron chi connectivity index (χ2n) is 3.03. The summed E-state index contributed by atoms with van der Waals surface area (Å²) in [5, 5.41) is 13.1. The minimum atomic E-state index is -0.305. The molecule has 0 aliphatic carbocycles. The largest absolute Gasteiger partial charge is 0.486 e. The van der Waals surface area contributed by atoms with Crippen molar-refractivity contribution in [3.05, 3.63) is 15.4 Å². The van der Waals surface area contributed by atoms with Crippen molar-refractivity contribution in [1.82, 2.24) is 5.32 Å². The zero-order valence-electron chi connectivity index (χ0n) is 8.21. The highest BCUT2D eigenvalue weighted by molar-refractivity contribution is 9.10. The molecule has 5 heteroatoms. The molecule has 80 valence electrons. The molecule has 0 spiro atoms. The summed E-state index contributed by atoms with van der Waals surface area (Å²) in [6, 6.07) is 2.03. The summed E-state index contributed by atoms with van der Waals surface area (Å²) in [5.74, 6) is 0. The Kier molecular flexibility index (Phi) is 4.88. The molecule has 2 N–H and O–H groups in total. The molecule has 0 fully saturated rings. The van der Waals surface area contributed by atoms with Crippen LogP contribution in [0.15, 0.2) is 10.5 Å². The van der Waals surface area contributed by atoms with Gasteiger partial charge in [0.25, 0.3) is 0 Å². The summed E-state index contributed by atoms with van der Waals surface area (Å²) >= 11 is 5.00. The summed E-state index contributed by atoms with van der Waals surface area (Å²) in [5.41, 5.74) is 0. The van der Waals surface area contributed by atoms with Gasteiger partial charge in [-0.15, -0.1) is 11.3 Å². The van der Waals surface area contributed by atoms with E-state index >= 15 is 0 Å². The molecule has 0 aromatic carbocycles. The minimum absolute atomic E-state index is 0.305. The first-order valence-corrected chi connectivity index (χ1v) is 5.95.